The molecule has 1 amide bonds. The summed E-state index contributed by atoms with van der Waals surface area (Å²) in [7, 11) is 0. The summed E-state index contributed by atoms with van der Waals surface area (Å²) in [4.78, 5) is 22.7. The molecule has 0 fully saturated rings. The summed E-state index contributed by atoms with van der Waals surface area (Å²) in [6.45, 7) is 5.11. The molecule has 3 heterocycles. The summed E-state index contributed by atoms with van der Waals surface area (Å²) in [6, 6.07) is 9.58. The monoisotopic (exact) mass is 367 g/mol. The fourth-order valence-electron chi connectivity index (χ4n) is 3.93. The highest BCUT2D eigenvalue weighted by molar-refractivity contribution is 6.31. The number of H-pyrrole nitrogens is 1. The zero-order chi connectivity index (χ0) is 18.3. The van der Waals surface area contributed by atoms with Crippen LogP contribution in [0.4, 0.5) is 0 Å². The van der Waals surface area contributed by atoms with Crippen LogP contribution in [0.5, 0.6) is 0 Å². The van der Waals surface area contributed by atoms with Crippen LogP contribution in [0.2, 0.25) is 5.02 Å². The number of rotatable bonds is 3. The van der Waals surface area contributed by atoms with Crippen LogP contribution in [-0.2, 0) is 6.42 Å². The predicted molar refractivity (Wildman–Crippen MR) is 104 cm³/mol. The molecule has 1 atom stereocenters. The number of aromatic amines is 1. The molecule has 1 unspecified atom stereocenters. The highest BCUT2D eigenvalue weighted by Crippen LogP contribution is 2.39. The van der Waals surface area contributed by atoms with Gasteiger partial charge in [0, 0.05) is 46.1 Å². The molecule has 1 aromatic carbocycles. The fourth-order valence-corrected chi connectivity index (χ4v) is 4.11. The van der Waals surface area contributed by atoms with E-state index in [1.54, 1.807) is 24.5 Å². The molecule has 2 aromatic heterocycles. The van der Waals surface area contributed by atoms with E-state index in [0.717, 1.165) is 29.1 Å². The lowest BCUT2D eigenvalue weighted by atomic mass is 9.91. The Morgan fingerprint density at radius 1 is 1.31 bits per heavy atom. The molecule has 26 heavy (non-hydrogen) atoms. The number of hydrogen-bond acceptors (Lipinski definition) is 2. The summed E-state index contributed by atoms with van der Waals surface area (Å²) in [5.74, 6) is 0.550. The van der Waals surface area contributed by atoms with Crippen molar-refractivity contribution < 1.29 is 4.79 Å². The number of fused-ring (bicyclic) bond motifs is 3. The number of carbonyl (C=O) groups is 1. The number of carbonyl (C=O) groups excluding carboxylic acids is 1. The Labute approximate surface area is 158 Å². The largest absolute Gasteiger partial charge is 0.356 e. The van der Waals surface area contributed by atoms with E-state index < -0.39 is 0 Å². The zero-order valence-electron chi connectivity index (χ0n) is 15.0. The van der Waals surface area contributed by atoms with Crippen molar-refractivity contribution in [2.24, 2.45) is 5.92 Å². The van der Waals surface area contributed by atoms with Gasteiger partial charge in [-0.25, -0.2) is 0 Å². The van der Waals surface area contributed by atoms with Gasteiger partial charge in [0.2, 0.25) is 0 Å². The van der Waals surface area contributed by atoms with E-state index >= 15 is 0 Å². The SMILES string of the molecule is CC(C)CC1c2[nH]c3ccc(Cl)cc3c2CCN1C(=O)c1ccncc1. The lowest BCUT2D eigenvalue weighted by Gasteiger charge is -2.37. The van der Waals surface area contributed by atoms with Crippen molar-refractivity contribution in [3.8, 4) is 0 Å². The van der Waals surface area contributed by atoms with Crippen LogP contribution in [0.3, 0.4) is 0 Å². The van der Waals surface area contributed by atoms with Crippen molar-refractivity contribution in [3.05, 3.63) is 64.6 Å². The maximum atomic E-state index is 13.1. The van der Waals surface area contributed by atoms with Gasteiger partial charge in [-0.05, 0) is 54.7 Å². The molecule has 0 aliphatic carbocycles. The first-order valence-electron chi connectivity index (χ1n) is 9.05. The van der Waals surface area contributed by atoms with Gasteiger partial charge in [0.1, 0.15) is 0 Å². The first-order valence-corrected chi connectivity index (χ1v) is 9.43. The molecular formula is C21H22ClN3O. The minimum absolute atomic E-state index is 0.0468. The van der Waals surface area contributed by atoms with Gasteiger partial charge in [-0.15, -0.1) is 0 Å². The summed E-state index contributed by atoms with van der Waals surface area (Å²) >= 11 is 6.21. The highest BCUT2D eigenvalue weighted by Gasteiger charge is 2.34. The Morgan fingerprint density at radius 2 is 2.08 bits per heavy atom. The Balaban J connectivity index is 1.78. The number of amides is 1. The average Bonchev–Trinajstić information content (AvgIpc) is 3.00. The van der Waals surface area contributed by atoms with E-state index in [2.05, 4.69) is 23.8 Å². The van der Waals surface area contributed by atoms with Gasteiger partial charge in [-0.1, -0.05) is 25.4 Å². The number of aromatic nitrogens is 2. The maximum Gasteiger partial charge on any atom is 0.254 e. The van der Waals surface area contributed by atoms with Gasteiger partial charge in [0.25, 0.3) is 5.91 Å². The van der Waals surface area contributed by atoms with Crippen molar-refractivity contribution in [3.63, 3.8) is 0 Å². The van der Waals surface area contributed by atoms with Crippen molar-refractivity contribution in [1.29, 1.82) is 0 Å². The van der Waals surface area contributed by atoms with Gasteiger partial charge in [-0.2, -0.15) is 0 Å². The molecule has 0 spiro atoms. The number of halogens is 1. The third kappa shape index (κ3) is 2.99. The highest BCUT2D eigenvalue weighted by atomic mass is 35.5. The standard InChI is InChI=1S/C21H22ClN3O/c1-13(2)11-19-20-16(17-12-15(22)3-4-18(17)24-20)7-10-25(19)21(26)14-5-8-23-9-6-14/h3-6,8-9,12-13,19,24H,7,10-11H2,1-2H3. The minimum atomic E-state index is 0.0468. The fraction of sp³-hybridized carbons (Fsp3) is 0.333. The Bertz CT molecular complexity index is 949. The predicted octanol–water partition coefficient (Wildman–Crippen LogP) is 5.00. The van der Waals surface area contributed by atoms with Gasteiger partial charge in [-0.3, -0.25) is 9.78 Å². The molecule has 5 heteroatoms. The van der Waals surface area contributed by atoms with E-state index in [4.69, 9.17) is 11.6 Å². The second kappa shape index (κ2) is 6.76. The molecule has 1 aliphatic rings. The molecule has 1 aliphatic heterocycles. The van der Waals surface area contributed by atoms with Crippen molar-refractivity contribution in [2.75, 3.05) is 6.54 Å². The van der Waals surface area contributed by atoms with E-state index in [1.807, 2.05) is 23.1 Å². The molecule has 0 saturated carbocycles. The normalized spacial score (nSPS) is 16.9. The summed E-state index contributed by atoms with van der Waals surface area (Å²) in [5, 5.41) is 1.92. The Hall–Kier alpha value is -2.33. The second-order valence-corrected chi connectivity index (χ2v) is 7.77. The van der Waals surface area contributed by atoms with Crippen LogP contribution < -0.4 is 0 Å². The molecule has 0 bridgehead atoms. The van der Waals surface area contributed by atoms with Crippen LogP contribution in [0, 0.1) is 5.92 Å². The number of hydrogen-bond donors (Lipinski definition) is 1. The Morgan fingerprint density at radius 3 is 2.81 bits per heavy atom. The number of nitrogens with one attached hydrogen (secondary N) is 1. The van der Waals surface area contributed by atoms with Gasteiger partial charge in [0.15, 0.2) is 0 Å². The summed E-state index contributed by atoms with van der Waals surface area (Å²) < 4.78 is 0. The van der Waals surface area contributed by atoms with Crippen LogP contribution in [0.1, 0.15) is 47.9 Å². The van der Waals surface area contributed by atoms with Crippen LogP contribution in [-0.4, -0.2) is 27.3 Å². The van der Waals surface area contributed by atoms with Crippen LogP contribution in [0.25, 0.3) is 10.9 Å². The average molecular weight is 368 g/mol. The van der Waals surface area contributed by atoms with E-state index in [9.17, 15) is 4.79 Å². The molecule has 4 rings (SSSR count). The van der Waals surface area contributed by atoms with E-state index in [-0.39, 0.29) is 11.9 Å². The van der Waals surface area contributed by atoms with E-state index in [0.29, 0.717) is 18.0 Å². The smallest absolute Gasteiger partial charge is 0.254 e. The quantitative estimate of drug-likeness (QED) is 0.708. The molecule has 0 radical (unpaired) electrons. The first-order chi connectivity index (χ1) is 12.5. The molecule has 0 saturated heterocycles. The third-order valence-electron chi connectivity index (χ3n) is 5.10. The number of nitrogens with zero attached hydrogens (tertiary/aromatic N) is 2. The van der Waals surface area contributed by atoms with Crippen LogP contribution in [0.15, 0.2) is 42.7 Å². The van der Waals surface area contributed by atoms with Crippen molar-refractivity contribution in [1.82, 2.24) is 14.9 Å². The lowest BCUT2D eigenvalue weighted by Crippen LogP contribution is -2.40. The molecular weight excluding hydrogens is 346 g/mol. The maximum absolute atomic E-state index is 13.1. The topological polar surface area (TPSA) is 49.0 Å². The molecule has 134 valence electrons. The van der Waals surface area contributed by atoms with Gasteiger partial charge < -0.3 is 9.88 Å². The minimum Gasteiger partial charge on any atom is -0.356 e. The second-order valence-electron chi connectivity index (χ2n) is 7.34. The summed E-state index contributed by atoms with van der Waals surface area (Å²) in [6.07, 6.45) is 5.10. The third-order valence-corrected chi connectivity index (χ3v) is 5.33. The molecule has 3 aromatic rings. The van der Waals surface area contributed by atoms with Gasteiger partial charge >= 0.3 is 0 Å². The Kier molecular flexibility index (Phi) is 4.45. The zero-order valence-corrected chi connectivity index (χ0v) is 15.8. The van der Waals surface area contributed by atoms with Crippen LogP contribution >= 0.6 is 11.6 Å². The first kappa shape index (κ1) is 17.1. The van der Waals surface area contributed by atoms with Crippen molar-refractivity contribution in [2.45, 2.75) is 32.7 Å². The number of pyridine rings is 1. The van der Waals surface area contributed by atoms with Crippen molar-refractivity contribution >= 4 is 28.4 Å². The lowest BCUT2D eigenvalue weighted by molar-refractivity contribution is 0.0632. The molecule has 4 nitrogen and oxygen atoms in total. The van der Waals surface area contributed by atoms with Gasteiger partial charge in [0.05, 0.1) is 6.04 Å². The summed E-state index contributed by atoms with van der Waals surface area (Å²) in [5.41, 5.74) is 4.24. The number of benzene rings is 1. The van der Waals surface area contributed by atoms with E-state index in [1.165, 1.54) is 10.9 Å². The molecule has 1 N–H and O–H groups in total.